The van der Waals surface area contributed by atoms with E-state index < -0.39 is 11.7 Å². The molecule has 7 heteroatoms. The van der Waals surface area contributed by atoms with Crippen LogP contribution in [0.5, 0.6) is 0 Å². The first-order valence-electron chi connectivity index (χ1n) is 9.21. The molecular formula is C19H29F3N4. The molecule has 1 aromatic carbocycles. The van der Waals surface area contributed by atoms with E-state index in [1.54, 1.807) is 13.1 Å². The first kappa shape index (κ1) is 20.6. The van der Waals surface area contributed by atoms with Crippen LogP contribution >= 0.6 is 0 Å². The van der Waals surface area contributed by atoms with Gasteiger partial charge in [0, 0.05) is 20.1 Å². The Bertz CT molecular complexity index is 578. The summed E-state index contributed by atoms with van der Waals surface area (Å²) in [6.07, 6.45) is -0.762. The second kappa shape index (κ2) is 9.80. The third-order valence-electron chi connectivity index (χ3n) is 4.76. The van der Waals surface area contributed by atoms with Crippen LogP contribution in [0.25, 0.3) is 0 Å². The Morgan fingerprint density at radius 1 is 1.23 bits per heavy atom. The number of likely N-dealkylation sites (tertiary alicyclic amines) is 1. The fourth-order valence-corrected chi connectivity index (χ4v) is 3.06. The van der Waals surface area contributed by atoms with Crippen LogP contribution in [-0.2, 0) is 12.7 Å². The Morgan fingerprint density at radius 3 is 2.62 bits per heavy atom. The molecule has 0 spiro atoms. The van der Waals surface area contributed by atoms with Gasteiger partial charge in [0.25, 0.3) is 0 Å². The number of hydrogen-bond donors (Lipinski definition) is 2. The minimum Gasteiger partial charge on any atom is -0.356 e. The van der Waals surface area contributed by atoms with Crippen molar-refractivity contribution in [1.29, 1.82) is 0 Å². The smallest absolute Gasteiger partial charge is 0.356 e. The Balaban J connectivity index is 1.69. The lowest BCUT2D eigenvalue weighted by molar-refractivity contribution is -0.137. The Kier molecular flexibility index (Phi) is 7.75. The van der Waals surface area contributed by atoms with E-state index in [1.165, 1.54) is 32.0 Å². The molecule has 0 atom stereocenters. The number of alkyl halides is 3. The number of nitrogens with one attached hydrogen (secondary N) is 2. The van der Waals surface area contributed by atoms with Crippen molar-refractivity contribution < 1.29 is 13.2 Å². The molecule has 0 unspecified atom stereocenters. The number of rotatable bonds is 6. The summed E-state index contributed by atoms with van der Waals surface area (Å²) in [7, 11) is 1.66. The van der Waals surface area contributed by atoms with Gasteiger partial charge in [0.1, 0.15) is 0 Å². The molecule has 1 saturated heterocycles. The fraction of sp³-hybridized carbons (Fsp3) is 0.632. The van der Waals surface area contributed by atoms with Crippen LogP contribution in [0.15, 0.2) is 29.3 Å². The van der Waals surface area contributed by atoms with E-state index in [9.17, 15) is 13.2 Å². The predicted octanol–water partition coefficient (Wildman–Crippen LogP) is 3.49. The van der Waals surface area contributed by atoms with Crippen molar-refractivity contribution in [3.8, 4) is 0 Å². The second-order valence-electron chi connectivity index (χ2n) is 6.93. The molecule has 0 amide bonds. The van der Waals surface area contributed by atoms with Crippen molar-refractivity contribution in [2.75, 3.05) is 33.2 Å². The SMILES string of the molecule is CN=C(NCCCN1CCC(C)CC1)NCc1cccc(C(F)(F)F)c1. The summed E-state index contributed by atoms with van der Waals surface area (Å²) in [5, 5.41) is 6.29. The van der Waals surface area contributed by atoms with E-state index in [4.69, 9.17) is 0 Å². The van der Waals surface area contributed by atoms with Gasteiger partial charge in [-0.25, -0.2) is 0 Å². The normalized spacial score (nSPS) is 17.3. The number of piperidine rings is 1. The zero-order valence-electron chi connectivity index (χ0n) is 15.6. The first-order valence-corrected chi connectivity index (χ1v) is 9.21. The molecule has 0 bridgehead atoms. The van der Waals surface area contributed by atoms with Gasteiger partial charge in [-0.3, -0.25) is 4.99 Å². The van der Waals surface area contributed by atoms with E-state index in [1.807, 2.05) is 0 Å². The molecule has 0 radical (unpaired) electrons. The molecule has 1 aliphatic heterocycles. The highest BCUT2D eigenvalue weighted by atomic mass is 19.4. The predicted molar refractivity (Wildman–Crippen MR) is 99.1 cm³/mol. The zero-order chi connectivity index (χ0) is 19.0. The lowest BCUT2D eigenvalue weighted by atomic mass is 9.99. The van der Waals surface area contributed by atoms with Crippen LogP contribution in [0, 0.1) is 5.92 Å². The van der Waals surface area contributed by atoms with Gasteiger partial charge in [-0.05, 0) is 62.5 Å². The maximum absolute atomic E-state index is 12.8. The van der Waals surface area contributed by atoms with Crippen LogP contribution in [0.4, 0.5) is 13.2 Å². The molecule has 0 saturated carbocycles. The fourth-order valence-electron chi connectivity index (χ4n) is 3.06. The van der Waals surface area contributed by atoms with Crippen molar-refractivity contribution in [3.63, 3.8) is 0 Å². The Morgan fingerprint density at radius 2 is 1.96 bits per heavy atom. The number of halogens is 3. The summed E-state index contributed by atoms with van der Waals surface area (Å²) in [5.41, 5.74) is -0.0548. The zero-order valence-corrected chi connectivity index (χ0v) is 15.6. The standard InChI is InChI=1S/C19H29F3N4/c1-15-7-11-26(12-8-15)10-4-9-24-18(23-2)25-14-16-5-3-6-17(13-16)19(20,21)22/h3,5-6,13,15H,4,7-12,14H2,1-2H3,(H2,23,24,25). The summed E-state index contributed by atoms with van der Waals surface area (Å²) >= 11 is 0. The van der Waals surface area contributed by atoms with Crippen LogP contribution in [-0.4, -0.2) is 44.1 Å². The van der Waals surface area contributed by atoms with Crippen LogP contribution in [0.1, 0.15) is 37.3 Å². The maximum atomic E-state index is 12.8. The maximum Gasteiger partial charge on any atom is 0.416 e. The molecule has 2 N–H and O–H groups in total. The third kappa shape index (κ3) is 6.86. The molecular weight excluding hydrogens is 341 g/mol. The lowest BCUT2D eigenvalue weighted by Gasteiger charge is -2.30. The summed E-state index contributed by atoms with van der Waals surface area (Å²) in [6.45, 7) is 6.79. The molecule has 1 aromatic rings. The van der Waals surface area contributed by atoms with Gasteiger partial charge >= 0.3 is 6.18 Å². The van der Waals surface area contributed by atoms with Gasteiger partial charge in [-0.15, -0.1) is 0 Å². The summed E-state index contributed by atoms with van der Waals surface area (Å²) in [4.78, 5) is 6.61. The molecule has 0 aromatic heterocycles. The number of aliphatic imine (C=N–C) groups is 1. The number of guanidine groups is 1. The van der Waals surface area contributed by atoms with E-state index in [2.05, 4.69) is 27.4 Å². The summed E-state index contributed by atoms with van der Waals surface area (Å²) in [5.74, 6) is 1.44. The van der Waals surface area contributed by atoms with Crippen LogP contribution < -0.4 is 10.6 Å². The van der Waals surface area contributed by atoms with Gasteiger partial charge in [-0.1, -0.05) is 19.1 Å². The van der Waals surface area contributed by atoms with Crippen LogP contribution in [0.3, 0.4) is 0 Å². The van der Waals surface area contributed by atoms with E-state index in [0.717, 1.165) is 37.6 Å². The summed E-state index contributed by atoms with van der Waals surface area (Å²) in [6, 6.07) is 5.35. The highest BCUT2D eigenvalue weighted by Crippen LogP contribution is 2.29. The Hall–Kier alpha value is -1.76. The van der Waals surface area contributed by atoms with Crippen molar-refractivity contribution in [1.82, 2.24) is 15.5 Å². The highest BCUT2D eigenvalue weighted by molar-refractivity contribution is 5.79. The van der Waals surface area contributed by atoms with Gasteiger partial charge in [0.15, 0.2) is 5.96 Å². The van der Waals surface area contributed by atoms with Gasteiger partial charge in [0.2, 0.25) is 0 Å². The number of nitrogens with zero attached hydrogens (tertiary/aromatic N) is 2. The minimum atomic E-state index is -4.32. The van der Waals surface area contributed by atoms with Crippen molar-refractivity contribution in [2.45, 2.75) is 38.9 Å². The molecule has 1 heterocycles. The quantitative estimate of drug-likeness (QED) is 0.457. The van der Waals surface area contributed by atoms with Gasteiger partial charge < -0.3 is 15.5 Å². The highest BCUT2D eigenvalue weighted by Gasteiger charge is 2.30. The average Bonchev–Trinajstić information content (AvgIpc) is 2.62. The average molecular weight is 370 g/mol. The van der Waals surface area contributed by atoms with Crippen molar-refractivity contribution in [3.05, 3.63) is 35.4 Å². The molecule has 1 aliphatic rings. The first-order chi connectivity index (χ1) is 12.4. The van der Waals surface area contributed by atoms with Crippen molar-refractivity contribution >= 4 is 5.96 Å². The molecule has 146 valence electrons. The lowest BCUT2D eigenvalue weighted by Crippen LogP contribution is -2.39. The van der Waals surface area contributed by atoms with E-state index >= 15 is 0 Å². The Labute approximate surface area is 153 Å². The topological polar surface area (TPSA) is 39.7 Å². The monoisotopic (exact) mass is 370 g/mol. The second-order valence-corrected chi connectivity index (χ2v) is 6.93. The molecule has 0 aliphatic carbocycles. The van der Waals surface area contributed by atoms with E-state index in [-0.39, 0.29) is 0 Å². The largest absolute Gasteiger partial charge is 0.416 e. The third-order valence-corrected chi connectivity index (χ3v) is 4.76. The van der Waals surface area contributed by atoms with Crippen LogP contribution in [0.2, 0.25) is 0 Å². The molecule has 1 fully saturated rings. The molecule has 2 rings (SSSR count). The number of hydrogen-bond acceptors (Lipinski definition) is 2. The molecule has 26 heavy (non-hydrogen) atoms. The molecule has 4 nitrogen and oxygen atoms in total. The summed E-state index contributed by atoms with van der Waals surface area (Å²) < 4.78 is 38.3. The van der Waals surface area contributed by atoms with Gasteiger partial charge in [0.05, 0.1) is 5.56 Å². The van der Waals surface area contributed by atoms with Crippen molar-refractivity contribution in [2.24, 2.45) is 10.9 Å². The van der Waals surface area contributed by atoms with Gasteiger partial charge in [-0.2, -0.15) is 13.2 Å². The number of benzene rings is 1. The van der Waals surface area contributed by atoms with E-state index in [0.29, 0.717) is 18.1 Å². The minimum absolute atomic E-state index is 0.299.